The molecule has 0 rings (SSSR count). The Hall–Kier alpha value is -2.63. The molecule has 0 bridgehead atoms. The lowest BCUT2D eigenvalue weighted by Gasteiger charge is -2.18. The second kappa shape index (κ2) is 67.9. The molecule has 0 spiro atoms. The first-order chi connectivity index (χ1) is 39.0. The van der Waals surface area contributed by atoms with Gasteiger partial charge in [0, 0.05) is 19.3 Å². The molecular formula is C73H134O6. The molecule has 6 heteroatoms. The number of rotatable bonds is 65. The van der Waals surface area contributed by atoms with Gasteiger partial charge in [-0.05, 0) is 57.8 Å². The van der Waals surface area contributed by atoms with Gasteiger partial charge in [0.2, 0.25) is 0 Å². The molecule has 0 amide bonds. The van der Waals surface area contributed by atoms with E-state index in [1.165, 1.54) is 257 Å². The smallest absolute Gasteiger partial charge is 0.306 e. The van der Waals surface area contributed by atoms with Crippen LogP contribution in [0.3, 0.4) is 0 Å². The zero-order valence-corrected chi connectivity index (χ0v) is 53.2. The monoisotopic (exact) mass is 1110 g/mol. The van der Waals surface area contributed by atoms with Gasteiger partial charge in [-0.3, -0.25) is 14.4 Å². The Morgan fingerprint density at radius 3 is 0.772 bits per heavy atom. The maximum absolute atomic E-state index is 13.0. The minimum atomic E-state index is -0.773. The summed E-state index contributed by atoms with van der Waals surface area (Å²) in [6.07, 6.45) is 85.6. The second-order valence-electron chi connectivity index (χ2n) is 23.8. The van der Waals surface area contributed by atoms with E-state index >= 15 is 0 Å². The van der Waals surface area contributed by atoms with E-state index < -0.39 is 6.10 Å². The van der Waals surface area contributed by atoms with Crippen molar-refractivity contribution in [1.29, 1.82) is 0 Å². The molecule has 0 saturated carbocycles. The molecule has 0 N–H and O–H groups in total. The lowest BCUT2D eigenvalue weighted by atomic mass is 10.0. The summed E-state index contributed by atoms with van der Waals surface area (Å²) in [5.41, 5.74) is 0. The Balaban J connectivity index is 4.32. The van der Waals surface area contributed by atoms with Crippen LogP contribution >= 0.6 is 0 Å². The minimum Gasteiger partial charge on any atom is -0.462 e. The van der Waals surface area contributed by atoms with Gasteiger partial charge in [-0.15, -0.1) is 0 Å². The first-order valence-corrected chi connectivity index (χ1v) is 35.1. The summed E-state index contributed by atoms with van der Waals surface area (Å²) in [4.78, 5) is 38.5. The molecule has 0 saturated heterocycles. The first-order valence-electron chi connectivity index (χ1n) is 35.1. The lowest BCUT2D eigenvalue weighted by Crippen LogP contribution is -2.30. The van der Waals surface area contributed by atoms with Crippen molar-refractivity contribution in [2.24, 2.45) is 0 Å². The molecule has 1 unspecified atom stereocenters. The molecule has 0 aromatic heterocycles. The van der Waals surface area contributed by atoms with Crippen LogP contribution in [0.4, 0.5) is 0 Å². The molecule has 0 aliphatic heterocycles. The molecule has 0 aliphatic carbocycles. The van der Waals surface area contributed by atoms with Gasteiger partial charge in [0.05, 0.1) is 0 Å². The van der Waals surface area contributed by atoms with Crippen molar-refractivity contribution in [1.82, 2.24) is 0 Å². The van der Waals surface area contributed by atoms with E-state index in [1.54, 1.807) is 0 Å². The third-order valence-corrected chi connectivity index (χ3v) is 15.8. The van der Waals surface area contributed by atoms with Crippen LogP contribution in [-0.2, 0) is 28.6 Å². The number of carbonyl (C=O) groups is 3. The van der Waals surface area contributed by atoms with E-state index in [2.05, 4.69) is 69.4 Å². The number of unbranched alkanes of at least 4 members (excludes halogenated alkanes) is 46. The largest absolute Gasteiger partial charge is 0.462 e. The Kier molecular flexibility index (Phi) is 65.6. The summed E-state index contributed by atoms with van der Waals surface area (Å²) in [7, 11) is 0. The summed E-state index contributed by atoms with van der Waals surface area (Å²) in [6, 6.07) is 0. The standard InChI is InChI=1S/C73H134O6/c1-4-7-10-13-16-19-22-25-28-31-34-35-36-37-40-42-45-48-51-54-57-60-63-66-72(75)78-69-70(79-73(76)67-64-61-58-55-52-49-46-43-39-33-30-27-24-21-18-15-12-9-6-3)68-77-71(74)65-62-59-56-53-50-47-44-41-38-32-29-26-23-20-17-14-11-8-5-2/h7,10,16,19,25,28,34-35,70H,4-6,8-9,11-15,17-18,20-24,26-27,29-33,36-69H2,1-3H3/b10-7-,19-16-,28-25-,35-34-. The highest BCUT2D eigenvalue weighted by atomic mass is 16.6. The quantitative estimate of drug-likeness (QED) is 0.0261. The molecule has 0 heterocycles. The number of hydrogen-bond donors (Lipinski definition) is 0. The molecule has 6 nitrogen and oxygen atoms in total. The van der Waals surface area contributed by atoms with E-state index in [0.717, 1.165) is 83.5 Å². The van der Waals surface area contributed by atoms with Crippen LogP contribution in [0.1, 0.15) is 380 Å². The van der Waals surface area contributed by atoms with Crippen LogP contribution in [0, 0.1) is 0 Å². The summed E-state index contributed by atoms with van der Waals surface area (Å²) >= 11 is 0. The number of ether oxygens (including phenoxy) is 3. The van der Waals surface area contributed by atoms with Crippen molar-refractivity contribution in [2.45, 2.75) is 386 Å². The van der Waals surface area contributed by atoms with E-state index in [0.29, 0.717) is 19.3 Å². The van der Waals surface area contributed by atoms with Crippen molar-refractivity contribution in [3.05, 3.63) is 48.6 Å². The van der Waals surface area contributed by atoms with Gasteiger partial charge in [-0.25, -0.2) is 0 Å². The van der Waals surface area contributed by atoms with Crippen LogP contribution in [0.25, 0.3) is 0 Å². The van der Waals surface area contributed by atoms with Crippen LogP contribution in [-0.4, -0.2) is 37.2 Å². The van der Waals surface area contributed by atoms with Gasteiger partial charge in [-0.2, -0.15) is 0 Å². The SMILES string of the molecule is CC/C=C\C/C=C\C/C=C\C/C=C\CCCCCCCCCCCCC(=O)OCC(COC(=O)CCCCCCCCCCCCCCCCCCCCC)OC(=O)CCCCCCCCCCCCCCCCCCCCC. The third-order valence-electron chi connectivity index (χ3n) is 15.8. The fourth-order valence-electron chi connectivity index (χ4n) is 10.6. The van der Waals surface area contributed by atoms with Crippen LogP contribution in [0.15, 0.2) is 48.6 Å². The highest BCUT2D eigenvalue weighted by molar-refractivity contribution is 5.71. The summed E-state index contributed by atoms with van der Waals surface area (Å²) in [6.45, 7) is 6.61. The molecule has 0 aromatic rings. The molecule has 0 radical (unpaired) electrons. The third kappa shape index (κ3) is 66.1. The zero-order chi connectivity index (χ0) is 57.1. The normalized spacial score (nSPS) is 12.3. The molecule has 462 valence electrons. The van der Waals surface area contributed by atoms with E-state index in [9.17, 15) is 14.4 Å². The highest BCUT2D eigenvalue weighted by Crippen LogP contribution is 2.19. The van der Waals surface area contributed by atoms with E-state index in [1.807, 2.05) is 0 Å². The minimum absolute atomic E-state index is 0.0680. The fourth-order valence-corrected chi connectivity index (χ4v) is 10.6. The van der Waals surface area contributed by atoms with Crippen molar-refractivity contribution in [2.75, 3.05) is 13.2 Å². The second-order valence-corrected chi connectivity index (χ2v) is 23.8. The van der Waals surface area contributed by atoms with Crippen LogP contribution in [0.5, 0.6) is 0 Å². The van der Waals surface area contributed by atoms with E-state index in [-0.39, 0.29) is 31.1 Å². The molecule has 0 aromatic carbocycles. The van der Waals surface area contributed by atoms with Gasteiger partial charge in [0.25, 0.3) is 0 Å². The number of esters is 3. The lowest BCUT2D eigenvalue weighted by molar-refractivity contribution is -0.167. The van der Waals surface area contributed by atoms with Gasteiger partial charge in [0.15, 0.2) is 6.10 Å². The van der Waals surface area contributed by atoms with Gasteiger partial charge in [0.1, 0.15) is 13.2 Å². The molecule has 0 fully saturated rings. The van der Waals surface area contributed by atoms with Crippen molar-refractivity contribution in [3.63, 3.8) is 0 Å². The fraction of sp³-hybridized carbons (Fsp3) is 0.849. The molecule has 0 aliphatic rings. The first kappa shape index (κ1) is 76.4. The molecule has 1 atom stereocenters. The predicted octanol–water partition coefficient (Wildman–Crippen LogP) is 24.1. The number of allylic oxidation sites excluding steroid dienone is 8. The zero-order valence-electron chi connectivity index (χ0n) is 53.2. The Morgan fingerprint density at radius 2 is 0.494 bits per heavy atom. The average molecular weight is 1110 g/mol. The van der Waals surface area contributed by atoms with Crippen LogP contribution < -0.4 is 0 Å². The van der Waals surface area contributed by atoms with Crippen molar-refractivity contribution >= 4 is 17.9 Å². The van der Waals surface area contributed by atoms with Gasteiger partial charge < -0.3 is 14.2 Å². The maximum Gasteiger partial charge on any atom is 0.306 e. The molecule has 79 heavy (non-hydrogen) atoms. The average Bonchev–Trinajstić information content (AvgIpc) is 3.45. The van der Waals surface area contributed by atoms with E-state index in [4.69, 9.17) is 14.2 Å². The topological polar surface area (TPSA) is 78.9 Å². The predicted molar refractivity (Wildman–Crippen MR) is 344 cm³/mol. The van der Waals surface area contributed by atoms with Gasteiger partial charge in [-0.1, -0.05) is 352 Å². The van der Waals surface area contributed by atoms with Crippen molar-refractivity contribution < 1.29 is 28.6 Å². The summed E-state index contributed by atoms with van der Waals surface area (Å²) in [5, 5.41) is 0. The summed E-state index contributed by atoms with van der Waals surface area (Å²) in [5.74, 6) is -0.842. The Labute approximate surface area is 492 Å². The number of hydrogen-bond acceptors (Lipinski definition) is 6. The highest BCUT2D eigenvalue weighted by Gasteiger charge is 2.19. The Bertz CT molecular complexity index is 1360. The van der Waals surface area contributed by atoms with Gasteiger partial charge >= 0.3 is 17.9 Å². The molecular weight excluding hydrogens is 973 g/mol. The maximum atomic E-state index is 13.0. The van der Waals surface area contributed by atoms with Crippen molar-refractivity contribution in [3.8, 4) is 0 Å². The number of carbonyl (C=O) groups excluding carboxylic acids is 3. The summed E-state index contributed by atoms with van der Waals surface area (Å²) < 4.78 is 17.0. The Morgan fingerprint density at radius 1 is 0.266 bits per heavy atom. The van der Waals surface area contributed by atoms with Crippen LogP contribution in [0.2, 0.25) is 0 Å².